The molecule has 6 nitrogen and oxygen atoms in total. The molecule has 23 heavy (non-hydrogen) atoms. The smallest absolute Gasteiger partial charge is 0.254 e. The summed E-state index contributed by atoms with van der Waals surface area (Å²) in [6.07, 6.45) is 0. The molecule has 1 aromatic rings. The average Bonchev–Trinajstić information content (AvgIpc) is 2.90. The van der Waals surface area contributed by atoms with E-state index >= 15 is 0 Å². The van der Waals surface area contributed by atoms with Crippen LogP contribution in [0.3, 0.4) is 0 Å². The summed E-state index contributed by atoms with van der Waals surface area (Å²) in [4.78, 5) is 16.9. The number of carbonyl (C=O) groups is 1. The van der Waals surface area contributed by atoms with E-state index in [-0.39, 0.29) is 5.91 Å². The van der Waals surface area contributed by atoms with Gasteiger partial charge in [0.2, 0.25) is 0 Å². The Labute approximate surface area is 144 Å². The Hall–Kier alpha value is -1.31. The number of nitrogens with zero attached hydrogens (tertiary/aromatic N) is 2. The minimum absolute atomic E-state index is 0.0508. The molecule has 2 heterocycles. The molecule has 2 aliphatic rings. The Bertz CT molecular complexity index is 602. The molecule has 0 saturated carbocycles. The zero-order chi connectivity index (χ0) is 16.4. The van der Waals surface area contributed by atoms with E-state index in [0.29, 0.717) is 30.2 Å². The summed E-state index contributed by atoms with van der Waals surface area (Å²) < 4.78 is 16.9. The monoisotopic (exact) mass is 384 g/mol. The van der Waals surface area contributed by atoms with Gasteiger partial charge in [-0.1, -0.05) is 0 Å². The third-order valence-electron chi connectivity index (χ3n) is 4.37. The fourth-order valence-corrected chi connectivity index (χ4v) is 3.73. The number of halogens is 1. The van der Waals surface area contributed by atoms with Gasteiger partial charge in [-0.3, -0.25) is 9.69 Å². The highest BCUT2D eigenvalue weighted by atomic mass is 79.9. The Morgan fingerprint density at radius 3 is 2.61 bits per heavy atom. The molecule has 1 aromatic carbocycles. The van der Waals surface area contributed by atoms with Gasteiger partial charge in [-0.2, -0.15) is 0 Å². The number of ether oxygens (including phenoxy) is 3. The molecular weight excluding hydrogens is 364 g/mol. The van der Waals surface area contributed by atoms with E-state index < -0.39 is 0 Å². The molecule has 0 bridgehead atoms. The van der Waals surface area contributed by atoms with Crippen LogP contribution in [0.4, 0.5) is 0 Å². The molecule has 1 amide bonds. The number of carbonyl (C=O) groups excluding carboxylic acids is 1. The van der Waals surface area contributed by atoms with Crippen molar-refractivity contribution in [3.05, 3.63) is 21.7 Å². The van der Waals surface area contributed by atoms with Gasteiger partial charge in [0.1, 0.15) is 0 Å². The zero-order valence-electron chi connectivity index (χ0n) is 13.4. The fourth-order valence-electron chi connectivity index (χ4n) is 3.03. The molecule has 0 aromatic heterocycles. The first-order valence-corrected chi connectivity index (χ1v) is 8.47. The molecule has 0 spiro atoms. The number of amides is 1. The second-order valence-electron chi connectivity index (χ2n) is 5.63. The third kappa shape index (κ3) is 3.18. The summed E-state index contributed by atoms with van der Waals surface area (Å²) in [5.74, 6) is 1.26. The van der Waals surface area contributed by atoms with Gasteiger partial charge < -0.3 is 19.1 Å². The molecule has 1 fully saturated rings. The predicted molar refractivity (Wildman–Crippen MR) is 89.2 cm³/mol. The van der Waals surface area contributed by atoms with Gasteiger partial charge in [-0.15, -0.1) is 0 Å². The van der Waals surface area contributed by atoms with E-state index in [1.165, 1.54) is 0 Å². The van der Waals surface area contributed by atoms with Crippen LogP contribution in [0.25, 0.3) is 0 Å². The van der Waals surface area contributed by atoms with Crippen LogP contribution >= 0.6 is 15.9 Å². The van der Waals surface area contributed by atoms with Crippen molar-refractivity contribution in [1.82, 2.24) is 9.80 Å². The highest BCUT2D eigenvalue weighted by Crippen LogP contribution is 2.42. The highest BCUT2D eigenvalue weighted by molar-refractivity contribution is 9.10. The van der Waals surface area contributed by atoms with E-state index in [0.717, 1.165) is 42.9 Å². The summed E-state index contributed by atoms with van der Waals surface area (Å²) in [7, 11) is 3.17. The van der Waals surface area contributed by atoms with Crippen molar-refractivity contribution in [2.45, 2.75) is 6.54 Å². The maximum absolute atomic E-state index is 12.7. The molecule has 0 N–H and O–H groups in total. The van der Waals surface area contributed by atoms with Crippen LogP contribution in [0.1, 0.15) is 15.9 Å². The van der Waals surface area contributed by atoms with Gasteiger partial charge in [-0.25, -0.2) is 0 Å². The molecule has 0 atom stereocenters. The van der Waals surface area contributed by atoms with Crippen molar-refractivity contribution in [3.63, 3.8) is 0 Å². The Balaban J connectivity index is 1.74. The molecule has 0 unspecified atom stereocenters. The van der Waals surface area contributed by atoms with E-state index in [1.807, 2.05) is 4.90 Å². The lowest BCUT2D eigenvalue weighted by molar-refractivity contribution is 0.0327. The van der Waals surface area contributed by atoms with Crippen LogP contribution in [-0.2, 0) is 11.3 Å². The maximum Gasteiger partial charge on any atom is 0.254 e. The first-order valence-electron chi connectivity index (χ1n) is 7.68. The Morgan fingerprint density at radius 1 is 1.22 bits per heavy atom. The van der Waals surface area contributed by atoms with Crippen LogP contribution in [0.2, 0.25) is 0 Å². The fraction of sp³-hybridized carbons (Fsp3) is 0.562. The third-order valence-corrected chi connectivity index (χ3v) is 5.21. The van der Waals surface area contributed by atoms with Crippen LogP contribution in [0, 0.1) is 0 Å². The first kappa shape index (κ1) is 16.5. The minimum atomic E-state index is 0.0508. The van der Waals surface area contributed by atoms with Gasteiger partial charge >= 0.3 is 0 Å². The molecule has 1 saturated heterocycles. The zero-order valence-corrected chi connectivity index (χ0v) is 15.0. The van der Waals surface area contributed by atoms with E-state index in [2.05, 4.69) is 20.8 Å². The van der Waals surface area contributed by atoms with Crippen molar-refractivity contribution in [2.24, 2.45) is 0 Å². The summed E-state index contributed by atoms with van der Waals surface area (Å²) >= 11 is 3.56. The summed E-state index contributed by atoms with van der Waals surface area (Å²) in [6, 6.07) is 1.77. The van der Waals surface area contributed by atoms with Crippen molar-refractivity contribution >= 4 is 21.8 Å². The van der Waals surface area contributed by atoms with Crippen LogP contribution < -0.4 is 9.47 Å². The van der Waals surface area contributed by atoms with Crippen molar-refractivity contribution in [3.8, 4) is 11.5 Å². The maximum atomic E-state index is 12.7. The van der Waals surface area contributed by atoms with Gasteiger partial charge in [0.05, 0.1) is 31.9 Å². The Morgan fingerprint density at radius 2 is 1.96 bits per heavy atom. The van der Waals surface area contributed by atoms with Gasteiger partial charge in [0.15, 0.2) is 11.5 Å². The highest BCUT2D eigenvalue weighted by Gasteiger charge is 2.32. The summed E-state index contributed by atoms with van der Waals surface area (Å²) in [5, 5.41) is 0. The standard InChI is InChI=1S/C16H21BrN2O4/c1-21-13-9-11-12(14(17)15(13)22-2)10-19(16(11)20)4-3-18-5-7-23-8-6-18/h9H,3-8,10H2,1-2H3. The number of morpholine rings is 1. The molecule has 2 aliphatic heterocycles. The van der Waals surface area contributed by atoms with Crippen molar-refractivity contribution in [2.75, 3.05) is 53.6 Å². The lowest BCUT2D eigenvalue weighted by atomic mass is 10.1. The number of fused-ring (bicyclic) bond motifs is 1. The van der Waals surface area contributed by atoms with E-state index in [1.54, 1.807) is 20.3 Å². The molecule has 0 aliphatic carbocycles. The topological polar surface area (TPSA) is 51.2 Å². The number of methoxy groups -OCH3 is 2. The first-order chi connectivity index (χ1) is 11.2. The Kier molecular flexibility index (Phi) is 5.08. The number of hydrogen-bond donors (Lipinski definition) is 0. The van der Waals surface area contributed by atoms with Crippen LogP contribution in [0.15, 0.2) is 10.5 Å². The molecular formula is C16H21BrN2O4. The average molecular weight is 385 g/mol. The van der Waals surface area contributed by atoms with Crippen LogP contribution in [0.5, 0.6) is 11.5 Å². The minimum Gasteiger partial charge on any atom is -0.493 e. The molecule has 7 heteroatoms. The van der Waals surface area contributed by atoms with Crippen molar-refractivity contribution < 1.29 is 19.0 Å². The normalized spacial score (nSPS) is 18.2. The second-order valence-corrected chi connectivity index (χ2v) is 6.43. The van der Waals surface area contributed by atoms with Crippen LogP contribution in [-0.4, -0.2) is 69.3 Å². The quantitative estimate of drug-likeness (QED) is 0.773. The number of benzene rings is 1. The van der Waals surface area contributed by atoms with Gasteiger partial charge in [0, 0.05) is 43.9 Å². The lowest BCUT2D eigenvalue weighted by Gasteiger charge is -2.28. The second kappa shape index (κ2) is 7.07. The van der Waals surface area contributed by atoms with Gasteiger partial charge in [-0.05, 0) is 22.0 Å². The SMILES string of the molecule is COc1cc2c(c(Br)c1OC)CN(CCN1CCOCC1)C2=O. The van der Waals surface area contributed by atoms with Crippen molar-refractivity contribution in [1.29, 1.82) is 0 Å². The number of rotatable bonds is 5. The lowest BCUT2D eigenvalue weighted by Crippen LogP contribution is -2.41. The van der Waals surface area contributed by atoms with Gasteiger partial charge in [0.25, 0.3) is 5.91 Å². The predicted octanol–water partition coefficient (Wildman–Crippen LogP) is 1.75. The summed E-state index contributed by atoms with van der Waals surface area (Å²) in [5.41, 5.74) is 1.66. The van der Waals surface area contributed by atoms with E-state index in [9.17, 15) is 4.79 Å². The summed E-state index contributed by atoms with van der Waals surface area (Å²) in [6.45, 7) is 5.59. The molecule has 3 rings (SSSR count). The number of hydrogen-bond acceptors (Lipinski definition) is 5. The van der Waals surface area contributed by atoms with E-state index in [4.69, 9.17) is 14.2 Å². The molecule has 126 valence electrons. The molecule has 0 radical (unpaired) electrons. The largest absolute Gasteiger partial charge is 0.493 e.